The van der Waals surface area contributed by atoms with Crippen molar-refractivity contribution >= 4 is 11.4 Å². The van der Waals surface area contributed by atoms with Gasteiger partial charge >= 0.3 is 0 Å². The molecule has 27 heavy (non-hydrogen) atoms. The number of aromatic hydroxyl groups is 1. The van der Waals surface area contributed by atoms with Crippen LogP contribution in [0.5, 0.6) is 5.75 Å². The summed E-state index contributed by atoms with van der Waals surface area (Å²) >= 11 is 0. The van der Waals surface area contributed by atoms with Gasteiger partial charge in [-0.15, -0.1) is 5.10 Å². The first-order valence-corrected chi connectivity index (χ1v) is 9.05. The van der Waals surface area contributed by atoms with Gasteiger partial charge in [0, 0.05) is 28.1 Å². The third-order valence-electron chi connectivity index (χ3n) is 4.52. The van der Waals surface area contributed by atoms with Crippen LogP contribution in [0.25, 0.3) is 11.4 Å². The fraction of sp³-hybridized carbons (Fsp3) is 0.381. The first kappa shape index (κ1) is 18.9. The molecule has 0 saturated heterocycles. The van der Waals surface area contributed by atoms with Crippen LogP contribution in [0.1, 0.15) is 52.7 Å². The lowest BCUT2D eigenvalue weighted by molar-refractivity contribution is 0.423. The van der Waals surface area contributed by atoms with E-state index < -0.39 is 0 Å². The van der Waals surface area contributed by atoms with Crippen molar-refractivity contribution in [2.75, 3.05) is 5.32 Å². The molecule has 3 aromatic rings. The van der Waals surface area contributed by atoms with Crippen LogP contribution in [-0.2, 0) is 10.8 Å². The van der Waals surface area contributed by atoms with Crippen LogP contribution in [0.3, 0.4) is 0 Å². The fourth-order valence-corrected chi connectivity index (χ4v) is 3.01. The molecule has 3 N–H and O–H groups in total. The smallest absolute Gasteiger partial charge is 0.179 e. The minimum Gasteiger partial charge on any atom is -0.507 e. The lowest BCUT2D eigenvalue weighted by Gasteiger charge is -2.28. The Morgan fingerprint density at radius 1 is 0.852 bits per heavy atom. The molecule has 6 heteroatoms. The van der Waals surface area contributed by atoms with Crippen LogP contribution in [0, 0.1) is 0 Å². The quantitative estimate of drug-likeness (QED) is 0.574. The van der Waals surface area contributed by atoms with Gasteiger partial charge in [0.2, 0.25) is 0 Å². The molecular formula is C21H27N5O. The summed E-state index contributed by atoms with van der Waals surface area (Å²) in [6, 6.07) is 11.9. The van der Waals surface area contributed by atoms with Crippen molar-refractivity contribution in [3.05, 3.63) is 47.5 Å². The summed E-state index contributed by atoms with van der Waals surface area (Å²) in [6.45, 7) is 12.7. The van der Waals surface area contributed by atoms with Gasteiger partial charge in [-0.25, -0.2) is 5.10 Å². The van der Waals surface area contributed by atoms with Gasteiger partial charge < -0.3 is 10.4 Å². The van der Waals surface area contributed by atoms with Gasteiger partial charge in [0.15, 0.2) is 5.82 Å². The Labute approximate surface area is 160 Å². The summed E-state index contributed by atoms with van der Waals surface area (Å²) < 4.78 is 0. The van der Waals surface area contributed by atoms with Crippen molar-refractivity contribution in [3.63, 3.8) is 0 Å². The Morgan fingerprint density at radius 3 is 1.85 bits per heavy atom. The number of nitrogens with one attached hydrogen (secondary N) is 2. The van der Waals surface area contributed by atoms with Gasteiger partial charge in [-0.1, -0.05) is 41.5 Å². The highest BCUT2D eigenvalue weighted by molar-refractivity contribution is 5.68. The Bertz CT molecular complexity index is 882. The van der Waals surface area contributed by atoms with Crippen molar-refractivity contribution in [2.24, 2.45) is 0 Å². The average molecular weight is 365 g/mol. The van der Waals surface area contributed by atoms with E-state index in [1.807, 2.05) is 36.4 Å². The summed E-state index contributed by atoms with van der Waals surface area (Å²) in [5.41, 5.74) is 4.37. The lowest BCUT2D eigenvalue weighted by Crippen LogP contribution is -2.17. The van der Waals surface area contributed by atoms with E-state index in [9.17, 15) is 5.11 Å². The molecule has 0 radical (unpaired) electrons. The molecule has 0 aliphatic heterocycles. The summed E-state index contributed by atoms with van der Waals surface area (Å²) in [7, 11) is 0. The molecule has 0 aliphatic rings. The first-order chi connectivity index (χ1) is 12.6. The van der Waals surface area contributed by atoms with E-state index >= 15 is 0 Å². The number of aromatic nitrogens is 4. The standard InChI is InChI=1S/C21H27N5O/c1-20(2,3)16-11-15(12-17(18(16)27)21(4,5)6)22-14-9-7-13(8-10-14)19-23-25-26-24-19/h7-12,22,27H,1-6H3,(H,23,24,25,26). The monoisotopic (exact) mass is 365 g/mol. The van der Waals surface area contributed by atoms with E-state index in [-0.39, 0.29) is 10.8 Å². The minimum absolute atomic E-state index is 0.162. The highest BCUT2D eigenvalue weighted by Crippen LogP contribution is 2.41. The van der Waals surface area contributed by atoms with Gasteiger partial charge in [0.05, 0.1) is 0 Å². The van der Waals surface area contributed by atoms with Crippen molar-refractivity contribution in [3.8, 4) is 17.1 Å². The molecule has 0 atom stereocenters. The van der Waals surface area contributed by atoms with E-state index in [0.717, 1.165) is 28.1 Å². The van der Waals surface area contributed by atoms with E-state index in [4.69, 9.17) is 0 Å². The number of phenolic OH excluding ortho intramolecular Hbond substituents is 1. The number of rotatable bonds is 3. The van der Waals surface area contributed by atoms with Gasteiger partial charge in [0.1, 0.15) is 5.75 Å². The number of nitrogens with zero attached hydrogens (tertiary/aromatic N) is 3. The molecule has 0 spiro atoms. The molecule has 0 fully saturated rings. The second kappa shape index (κ2) is 6.68. The van der Waals surface area contributed by atoms with Gasteiger partial charge in [-0.05, 0) is 57.7 Å². The Morgan fingerprint density at radius 2 is 1.41 bits per heavy atom. The number of tetrazole rings is 1. The molecule has 0 amide bonds. The zero-order chi connectivity index (χ0) is 19.8. The summed E-state index contributed by atoms with van der Waals surface area (Å²) in [4.78, 5) is 0. The maximum absolute atomic E-state index is 10.8. The summed E-state index contributed by atoms with van der Waals surface area (Å²) in [6.07, 6.45) is 0. The molecule has 3 rings (SSSR count). The van der Waals surface area contributed by atoms with Gasteiger partial charge in [-0.3, -0.25) is 0 Å². The third-order valence-corrected chi connectivity index (χ3v) is 4.52. The lowest BCUT2D eigenvalue weighted by atomic mass is 9.79. The largest absolute Gasteiger partial charge is 0.507 e. The number of phenols is 1. The molecule has 0 saturated carbocycles. The Balaban J connectivity index is 1.97. The molecular weight excluding hydrogens is 338 g/mol. The second-order valence-corrected chi connectivity index (χ2v) is 8.87. The molecule has 6 nitrogen and oxygen atoms in total. The highest BCUT2D eigenvalue weighted by Gasteiger charge is 2.26. The SMILES string of the molecule is CC(C)(C)c1cc(Nc2ccc(-c3nnn[nH]3)cc2)cc(C(C)(C)C)c1O. The highest BCUT2D eigenvalue weighted by atomic mass is 16.3. The minimum atomic E-state index is -0.162. The fourth-order valence-electron chi connectivity index (χ4n) is 3.01. The number of hydrogen-bond acceptors (Lipinski definition) is 5. The normalized spacial score (nSPS) is 12.2. The number of H-pyrrole nitrogens is 1. The van der Waals surface area contributed by atoms with Crippen LogP contribution >= 0.6 is 0 Å². The Hall–Kier alpha value is -2.89. The Kier molecular flexibility index (Phi) is 4.68. The van der Waals surface area contributed by atoms with E-state index in [2.05, 4.69) is 67.5 Å². The number of aromatic amines is 1. The van der Waals surface area contributed by atoms with Crippen LogP contribution in [0.15, 0.2) is 36.4 Å². The van der Waals surface area contributed by atoms with Gasteiger partial charge in [0.25, 0.3) is 0 Å². The average Bonchev–Trinajstić information content (AvgIpc) is 3.09. The predicted octanol–water partition coefficient (Wildman–Crippen LogP) is 4.91. The van der Waals surface area contributed by atoms with E-state index in [1.54, 1.807) is 0 Å². The third kappa shape index (κ3) is 4.10. The van der Waals surface area contributed by atoms with Crippen LogP contribution < -0.4 is 5.32 Å². The van der Waals surface area contributed by atoms with Crippen LogP contribution in [-0.4, -0.2) is 25.7 Å². The molecule has 1 aromatic heterocycles. The summed E-state index contributed by atoms with van der Waals surface area (Å²) in [5, 5.41) is 28.2. The molecule has 142 valence electrons. The number of hydrogen-bond donors (Lipinski definition) is 3. The topological polar surface area (TPSA) is 86.7 Å². The maximum Gasteiger partial charge on any atom is 0.179 e. The van der Waals surface area contributed by atoms with E-state index in [1.165, 1.54) is 0 Å². The first-order valence-electron chi connectivity index (χ1n) is 9.05. The van der Waals surface area contributed by atoms with Crippen LogP contribution in [0.4, 0.5) is 11.4 Å². The zero-order valence-electron chi connectivity index (χ0n) is 16.8. The van der Waals surface area contributed by atoms with Crippen molar-refractivity contribution in [2.45, 2.75) is 52.4 Å². The molecule has 1 heterocycles. The maximum atomic E-state index is 10.8. The van der Waals surface area contributed by atoms with Crippen LogP contribution in [0.2, 0.25) is 0 Å². The van der Waals surface area contributed by atoms with Crippen molar-refractivity contribution in [1.82, 2.24) is 20.6 Å². The number of anilines is 2. The molecule has 0 bridgehead atoms. The van der Waals surface area contributed by atoms with E-state index in [0.29, 0.717) is 11.6 Å². The van der Waals surface area contributed by atoms with Gasteiger partial charge in [-0.2, -0.15) is 0 Å². The number of benzene rings is 2. The van der Waals surface area contributed by atoms with Crippen molar-refractivity contribution < 1.29 is 5.11 Å². The second-order valence-electron chi connectivity index (χ2n) is 8.87. The predicted molar refractivity (Wildman–Crippen MR) is 108 cm³/mol. The molecule has 0 aliphatic carbocycles. The molecule has 2 aromatic carbocycles. The molecule has 0 unspecified atom stereocenters. The van der Waals surface area contributed by atoms with Crippen molar-refractivity contribution in [1.29, 1.82) is 0 Å². The summed E-state index contributed by atoms with van der Waals surface area (Å²) in [5.74, 6) is 1.02. The zero-order valence-corrected chi connectivity index (χ0v) is 16.8.